The standard InChI is InChI=1S/C11H15N3S2/c1-7-10(16-9(3)14-7)6-13-8(2)11-12-4-5-15-11/h4-5,8,13H,6H2,1-3H3. The van der Waals surface area contributed by atoms with Gasteiger partial charge in [-0.2, -0.15) is 0 Å². The minimum absolute atomic E-state index is 0.307. The number of rotatable bonds is 4. The molecule has 16 heavy (non-hydrogen) atoms. The van der Waals surface area contributed by atoms with Gasteiger partial charge in [0, 0.05) is 23.0 Å². The van der Waals surface area contributed by atoms with Crippen LogP contribution in [0.2, 0.25) is 0 Å². The Morgan fingerprint density at radius 1 is 1.44 bits per heavy atom. The summed E-state index contributed by atoms with van der Waals surface area (Å²) in [6.07, 6.45) is 1.85. The van der Waals surface area contributed by atoms with Crippen molar-refractivity contribution >= 4 is 22.7 Å². The summed E-state index contributed by atoms with van der Waals surface area (Å²) in [6.45, 7) is 7.13. The SMILES string of the molecule is Cc1nc(C)c(CNC(C)c2nccs2)s1. The predicted molar refractivity (Wildman–Crippen MR) is 69.0 cm³/mol. The summed E-state index contributed by atoms with van der Waals surface area (Å²) in [5, 5.41) is 7.76. The second kappa shape index (κ2) is 5.03. The third-order valence-electron chi connectivity index (χ3n) is 2.39. The number of thiazole rings is 2. The normalized spacial score (nSPS) is 12.9. The van der Waals surface area contributed by atoms with E-state index in [0.717, 1.165) is 22.3 Å². The fourth-order valence-corrected chi connectivity index (χ4v) is 3.08. The molecule has 1 N–H and O–H groups in total. The molecule has 0 bridgehead atoms. The Labute approximate surface area is 104 Å². The number of nitrogens with zero attached hydrogens (tertiary/aromatic N) is 2. The van der Waals surface area contributed by atoms with Gasteiger partial charge in [-0.25, -0.2) is 9.97 Å². The fourth-order valence-electron chi connectivity index (χ4n) is 1.52. The zero-order chi connectivity index (χ0) is 11.5. The van der Waals surface area contributed by atoms with E-state index in [1.54, 1.807) is 22.7 Å². The monoisotopic (exact) mass is 253 g/mol. The first-order chi connectivity index (χ1) is 7.66. The zero-order valence-corrected chi connectivity index (χ0v) is 11.3. The molecule has 1 unspecified atom stereocenters. The summed E-state index contributed by atoms with van der Waals surface area (Å²) in [6, 6.07) is 0.307. The lowest BCUT2D eigenvalue weighted by Crippen LogP contribution is -2.17. The van der Waals surface area contributed by atoms with Crippen LogP contribution in [0.4, 0.5) is 0 Å². The van der Waals surface area contributed by atoms with Crippen LogP contribution in [-0.2, 0) is 6.54 Å². The van der Waals surface area contributed by atoms with Crippen LogP contribution in [0.3, 0.4) is 0 Å². The fraction of sp³-hybridized carbons (Fsp3) is 0.455. The maximum Gasteiger partial charge on any atom is 0.109 e. The van der Waals surface area contributed by atoms with Crippen LogP contribution >= 0.6 is 22.7 Å². The summed E-state index contributed by atoms with van der Waals surface area (Å²) < 4.78 is 0. The molecule has 5 heteroatoms. The van der Waals surface area contributed by atoms with Gasteiger partial charge in [0.2, 0.25) is 0 Å². The molecule has 0 amide bonds. The molecule has 86 valence electrons. The van der Waals surface area contributed by atoms with Crippen LogP contribution in [0.5, 0.6) is 0 Å². The van der Waals surface area contributed by atoms with Crippen molar-refractivity contribution in [3.8, 4) is 0 Å². The molecule has 0 aliphatic rings. The van der Waals surface area contributed by atoms with Crippen molar-refractivity contribution in [2.24, 2.45) is 0 Å². The highest BCUT2D eigenvalue weighted by atomic mass is 32.1. The molecule has 1 atom stereocenters. The van der Waals surface area contributed by atoms with Crippen LogP contribution in [0, 0.1) is 13.8 Å². The number of hydrogen-bond acceptors (Lipinski definition) is 5. The van der Waals surface area contributed by atoms with E-state index in [-0.39, 0.29) is 0 Å². The second-order valence-corrected chi connectivity index (χ2v) is 5.93. The first kappa shape index (κ1) is 11.7. The maximum atomic E-state index is 4.42. The lowest BCUT2D eigenvalue weighted by atomic mass is 10.3. The molecule has 0 saturated carbocycles. The first-order valence-corrected chi connectivity index (χ1v) is 6.92. The molecule has 2 rings (SSSR count). The molecule has 0 spiro atoms. The summed E-state index contributed by atoms with van der Waals surface area (Å²) in [4.78, 5) is 10.0. The van der Waals surface area contributed by atoms with E-state index in [1.807, 2.05) is 18.5 Å². The van der Waals surface area contributed by atoms with E-state index >= 15 is 0 Å². The molecule has 0 aliphatic carbocycles. The highest BCUT2D eigenvalue weighted by Crippen LogP contribution is 2.19. The van der Waals surface area contributed by atoms with E-state index in [2.05, 4.69) is 29.1 Å². The van der Waals surface area contributed by atoms with Gasteiger partial charge in [0.15, 0.2) is 0 Å². The topological polar surface area (TPSA) is 37.8 Å². The molecular formula is C11H15N3S2. The van der Waals surface area contributed by atoms with Gasteiger partial charge >= 0.3 is 0 Å². The largest absolute Gasteiger partial charge is 0.303 e. The smallest absolute Gasteiger partial charge is 0.109 e. The molecule has 0 radical (unpaired) electrons. The number of aromatic nitrogens is 2. The number of aryl methyl sites for hydroxylation is 2. The van der Waals surface area contributed by atoms with Crippen LogP contribution in [-0.4, -0.2) is 9.97 Å². The Kier molecular flexibility index (Phi) is 3.68. The quantitative estimate of drug-likeness (QED) is 0.910. The summed E-state index contributed by atoms with van der Waals surface area (Å²) in [7, 11) is 0. The van der Waals surface area contributed by atoms with Crippen molar-refractivity contribution in [2.45, 2.75) is 33.4 Å². The van der Waals surface area contributed by atoms with Crippen LogP contribution in [0.25, 0.3) is 0 Å². The molecule has 2 aromatic rings. The van der Waals surface area contributed by atoms with Crippen LogP contribution < -0.4 is 5.32 Å². The summed E-state index contributed by atoms with van der Waals surface area (Å²) in [5.74, 6) is 0. The Morgan fingerprint density at radius 2 is 2.25 bits per heavy atom. The Balaban J connectivity index is 1.95. The van der Waals surface area contributed by atoms with Crippen molar-refractivity contribution in [2.75, 3.05) is 0 Å². The lowest BCUT2D eigenvalue weighted by molar-refractivity contribution is 0.574. The Morgan fingerprint density at radius 3 is 2.81 bits per heavy atom. The van der Waals surface area contributed by atoms with Gasteiger partial charge in [-0.1, -0.05) is 0 Å². The van der Waals surface area contributed by atoms with Crippen molar-refractivity contribution in [1.29, 1.82) is 0 Å². The van der Waals surface area contributed by atoms with E-state index in [1.165, 1.54) is 4.88 Å². The van der Waals surface area contributed by atoms with E-state index in [0.29, 0.717) is 6.04 Å². The number of hydrogen-bond donors (Lipinski definition) is 1. The first-order valence-electron chi connectivity index (χ1n) is 5.22. The summed E-state index contributed by atoms with van der Waals surface area (Å²) >= 11 is 3.45. The zero-order valence-electron chi connectivity index (χ0n) is 9.65. The van der Waals surface area contributed by atoms with E-state index < -0.39 is 0 Å². The molecule has 0 saturated heterocycles. The van der Waals surface area contributed by atoms with Crippen molar-refractivity contribution in [3.05, 3.63) is 32.2 Å². The minimum Gasteiger partial charge on any atom is -0.303 e. The van der Waals surface area contributed by atoms with Gasteiger partial charge in [-0.05, 0) is 20.8 Å². The van der Waals surface area contributed by atoms with Gasteiger partial charge in [0.05, 0.1) is 16.7 Å². The Bertz CT molecular complexity index is 448. The van der Waals surface area contributed by atoms with Crippen LogP contribution in [0.1, 0.15) is 33.6 Å². The third-order valence-corrected chi connectivity index (χ3v) is 4.42. The average Bonchev–Trinajstić information content (AvgIpc) is 2.84. The Hall–Kier alpha value is -0.780. The van der Waals surface area contributed by atoms with Gasteiger partial charge in [0.1, 0.15) is 5.01 Å². The van der Waals surface area contributed by atoms with Crippen molar-refractivity contribution in [3.63, 3.8) is 0 Å². The molecule has 3 nitrogen and oxygen atoms in total. The summed E-state index contributed by atoms with van der Waals surface area (Å²) in [5.41, 5.74) is 1.14. The molecule has 0 fully saturated rings. The predicted octanol–water partition coefficient (Wildman–Crippen LogP) is 3.07. The second-order valence-electron chi connectivity index (χ2n) is 3.71. The van der Waals surface area contributed by atoms with E-state index in [4.69, 9.17) is 0 Å². The molecule has 0 aromatic carbocycles. The molecule has 2 heterocycles. The highest BCUT2D eigenvalue weighted by molar-refractivity contribution is 7.11. The lowest BCUT2D eigenvalue weighted by Gasteiger charge is -2.09. The third kappa shape index (κ3) is 2.66. The van der Waals surface area contributed by atoms with Crippen LogP contribution in [0.15, 0.2) is 11.6 Å². The maximum absolute atomic E-state index is 4.42. The number of nitrogens with one attached hydrogen (secondary N) is 1. The molecule has 2 aromatic heterocycles. The van der Waals surface area contributed by atoms with Gasteiger partial charge in [0.25, 0.3) is 0 Å². The minimum atomic E-state index is 0.307. The van der Waals surface area contributed by atoms with Gasteiger partial charge in [-0.3, -0.25) is 0 Å². The van der Waals surface area contributed by atoms with E-state index in [9.17, 15) is 0 Å². The average molecular weight is 253 g/mol. The van der Waals surface area contributed by atoms with Crippen molar-refractivity contribution < 1.29 is 0 Å². The van der Waals surface area contributed by atoms with Crippen molar-refractivity contribution in [1.82, 2.24) is 15.3 Å². The van der Waals surface area contributed by atoms with Gasteiger partial charge in [-0.15, -0.1) is 22.7 Å². The molecular weight excluding hydrogens is 238 g/mol. The highest BCUT2D eigenvalue weighted by Gasteiger charge is 2.09. The van der Waals surface area contributed by atoms with Gasteiger partial charge < -0.3 is 5.32 Å². The molecule has 0 aliphatic heterocycles.